The van der Waals surface area contributed by atoms with Crippen molar-refractivity contribution in [1.82, 2.24) is 0 Å². The first kappa shape index (κ1) is 8.41. The van der Waals surface area contributed by atoms with Crippen LogP contribution in [0.15, 0.2) is 24.1 Å². The first-order valence-corrected chi connectivity index (χ1v) is 3.06. The van der Waals surface area contributed by atoms with Crippen molar-refractivity contribution in [2.24, 2.45) is 5.92 Å². The molecule has 0 heterocycles. The zero-order chi connectivity index (χ0) is 7.44. The van der Waals surface area contributed by atoms with Crippen LogP contribution in [-0.2, 0) is 0 Å². The maximum atomic E-state index is 12.0. The molecular formula is C8H13F. The third-order valence-electron chi connectivity index (χ3n) is 1.29. The van der Waals surface area contributed by atoms with E-state index in [-0.39, 0.29) is 5.83 Å². The van der Waals surface area contributed by atoms with E-state index in [9.17, 15) is 4.39 Å². The molecule has 1 heteroatoms. The molecule has 0 atom stereocenters. The van der Waals surface area contributed by atoms with Gasteiger partial charge in [0, 0.05) is 0 Å². The highest BCUT2D eigenvalue weighted by Crippen LogP contribution is 2.10. The maximum Gasteiger partial charge on any atom is 0.116 e. The monoisotopic (exact) mass is 128 g/mol. The van der Waals surface area contributed by atoms with Crippen LogP contribution in [0.25, 0.3) is 0 Å². The molecule has 0 aliphatic rings. The van der Waals surface area contributed by atoms with Gasteiger partial charge in [0.1, 0.15) is 5.83 Å². The average Bonchev–Trinajstić information content (AvgIpc) is 1.63. The van der Waals surface area contributed by atoms with Crippen molar-refractivity contribution in [3.05, 3.63) is 24.1 Å². The van der Waals surface area contributed by atoms with Gasteiger partial charge >= 0.3 is 0 Å². The summed E-state index contributed by atoms with van der Waals surface area (Å²) in [6.07, 6.45) is 1.46. The molecule has 0 aliphatic carbocycles. The van der Waals surface area contributed by atoms with E-state index in [2.05, 4.69) is 6.58 Å². The molecule has 0 bridgehead atoms. The Morgan fingerprint density at radius 2 is 2.00 bits per heavy atom. The fraction of sp³-hybridized carbons (Fsp3) is 0.500. The molecule has 0 fully saturated rings. The van der Waals surface area contributed by atoms with Gasteiger partial charge in [-0.3, -0.25) is 0 Å². The van der Waals surface area contributed by atoms with E-state index >= 15 is 0 Å². The summed E-state index contributed by atoms with van der Waals surface area (Å²) in [7, 11) is 0. The zero-order valence-electron chi connectivity index (χ0n) is 6.24. The fourth-order valence-corrected chi connectivity index (χ4v) is 0.414. The van der Waals surface area contributed by atoms with Gasteiger partial charge in [0.2, 0.25) is 0 Å². The number of rotatable bonds is 2. The molecule has 0 aliphatic heterocycles. The van der Waals surface area contributed by atoms with Crippen LogP contribution in [0.1, 0.15) is 20.8 Å². The molecule has 0 aromatic heterocycles. The van der Waals surface area contributed by atoms with Crippen LogP contribution in [0.4, 0.5) is 4.39 Å². The molecule has 52 valence electrons. The molecule has 9 heavy (non-hydrogen) atoms. The number of halogens is 1. The quantitative estimate of drug-likeness (QED) is 0.501. The first-order valence-electron chi connectivity index (χ1n) is 3.06. The van der Waals surface area contributed by atoms with Crippen molar-refractivity contribution >= 4 is 0 Å². The van der Waals surface area contributed by atoms with Crippen LogP contribution in [-0.4, -0.2) is 0 Å². The van der Waals surface area contributed by atoms with Gasteiger partial charge in [0.05, 0.1) is 0 Å². The number of allylic oxidation sites excluding steroid dienone is 3. The Labute approximate surface area is 56.1 Å². The van der Waals surface area contributed by atoms with Gasteiger partial charge in [0.15, 0.2) is 0 Å². The lowest BCUT2D eigenvalue weighted by molar-refractivity contribution is 0.661. The molecule has 0 rings (SSSR count). The van der Waals surface area contributed by atoms with Gasteiger partial charge in [-0.1, -0.05) is 26.0 Å². The largest absolute Gasteiger partial charge is 0.208 e. The van der Waals surface area contributed by atoms with Crippen LogP contribution in [0, 0.1) is 5.92 Å². The van der Waals surface area contributed by atoms with Crippen molar-refractivity contribution in [3.8, 4) is 0 Å². The third-order valence-corrected chi connectivity index (χ3v) is 1.29. The molecular weight excluding hydrogens is 115 g/mol. The minimum atomic E-state index is -0.360. The van der Waals surface area contributed by atoms with E-state index in [4.69, 9.17) is 0 Å². The van der Waals surface area contributed by atoms with Gasteiger partial charge in [-0.05, 0) is 18.9 Å². The minimum absolute atomic E-state index is 0.360. The summed E-state index contributed by atoms with van der Waals surface area (Å²) in [6, 6.07) is 0. The van der Waals surface area contributed by atoms with Crippen LogP contribution >= 0.6 is 0 Å². The van der Waals surface area contributed by atoms with Gasteiger partial charge in [0.25, 0.3) is 0 Å². The first-order chi connectivity index (χ1) is 4.04. The SMILES string of the molecule is C=C(F)/C=C(/C)C(C)C. The van der Waals surface area contributed by atoms with Gasteiger partial charge < -0.3 is 0 Å². The summed E-state index contributed by atoms with van der Waals surface area (Å²) in [5, 5.41) is 0. The Morgan fingerprint density at radius 1 is 1.56 bits per heavy atom. The summed E-state index contributed by atoms with van der Waals surface area (Å²) in [6.45, 7) is 9.08. The summed E-state index contributed by atoms with van der Waals surface area (Å²) in [5.41, 5.74) is 1.03. The third kappa shape index (κ3) is 3.95. The highest BCUT2D eigenvalue weighted by atomic mass is 19.1. The highest BCUT2D eigenvalue weighted by molar-refractivity contribution is 5.14. The fourth-order valence-electron chi connectivity index (χ4n) is 0.414. The lowest BCUT2D eigenvalue weighted by Gasteiger charge is -2.01. The van der Waals surface area contributed by atoms with E-state index in [1.165, 1.54) is 6.08 Å². The normalized spacial score (nSPS) is 12.3. The van der Waals surface area contributed by atoms with Gasteiger partial charge in [-0.25, -0.2) is 4.39 Å². The van der Waals surface area contributed by atoms with Crippen molar-refractivity contribution in [2.45, 2.75) is 20.8 Å². The summed E-state index contributed by atoms with van der Waals surface area (Å²) >= 11 is 0. The van der Waals surface area contributed by atoms with Gasteiger partial charge in [-0.2, -0.15) is 0 Å². The minimum Gasteiger partial charge on any atom is -0.208 e. The van der Waals surface area contributed by atoms with Gasteiger partial charge in [-0.15, -0.1) is 0 Å². The van der Waals surface area contributed by atoms with Crippen LogP contribution in [0.3, 0.4) is 0 Å². The van der Waals surface area contributed by atoms with Crippen molar-refractivity contribution in [1.29, 1.82) is 0 Å². The Kier molecular flexibility index (Phi) is 3.21. The smallest absolute Gasteiger partial charge is 0.116 e. The van der Waals surface area contributed by atoms with Crippen molar-refractivity contribution in [2.75, 3.05) is 0 Å². The van der Waals surface area contributed by atoms with Crippen LogP contribution < -0.4 is 0 Å². The second kappa shape index (κ2) is 3.44. The molecule has 0 spiro atoms. The summed E-state index contributed by atoms with van der Waals surface area (Å²) in [4.78, 5) is 0. The van der Waals surface area contributed by atoms with Crippen molar-refractivity contribution < 1.29 is 4.39 Å². The molecule has 0 aromatic carbocycles. The average molecular weight is 128 g/mol. The van der Waals surface area contributed by atoms with E-state index in [1.807, 2.05) is 20.8 Å². The molecule has 0 saturated carbocycles. The van der Waals surface area contributed by atoms with Crippen LogP contribution in [0.5, 0.6) is 0 Å². The number of hydrogen-bond donors (Lipinski definition) is 0. The molecule has 0 unspecified atom stereocenters. The van der Waals surface area contributed by atoms with Crippen molar-refractivity contribution in [3.63, 3.8) is 0 Å². The summed E-state index contributed by atoms with van der Waals surface area (Å²) < 4.78 is 12.0. The lowest BCUT2D eigenvalue weighted by Crippen LogP contribution is -1.87. The maximum absolute atomic E-state index is 12.0. The highest BCUT2D eigenvalue weighted by Gasteiger charge is 1.94. The Hall–Kier alpha value is -0.590. The summed E-state index contributed by atoms with van der Waals surface area (Å²) in [5.74, 6) is 0.0544. The second-order valence-electron chi connectivity index (χ2n) is 2.49. The topological polar surface area (TPSA) is 0 Å². The Bertz CT molecular complexity index is 132. The molecule has 0 amide bonds. The van der Waals surface area contributed by atoms with E-state index in [0.717, 1.165) is 5.57 Å². The van der Waals surface area contributed by atoms with E-state index in [0.29, 0.717) is 5.92 Å². The molecule has 0 radical (unpaired) electrons. The predicted octanol–water partition coefficient (Wildman–Crippen LogP) is 3.07. The Balaban J connectivity index is 4.00. The Morgan fingerprint density at radius 3 is 2.11 bits per heavy atom. The van der Waals surface area contributed by atoms with E-state index < -0.39 is 0 Å². The standard InChI is InChI=1S/C8H13F/c1-6(2)7(3)5-8(4)9/h5-6H,4H2,1-3H3/b7-5-. The second-order valence-corrected chi connectivity index (χ2v) is 2.49. The van der Waals surface area contributed by atoms with Crippen LogP contribution in [0.2, 0.25) is 0 Å². The predicted molar refractivity (Wildman–Crippen MR) is 38.8 cm³/mol. The molecule has 0 N–H and O–H groups in total. The molecule has 0 saturated heterocycles. The van der Waals surface area contributed by atoms with E-state index in [1.54, 1.807) is 0 Å². The number of hydrogen-bond acceptors (Lipinski definition) is 0. The molecule has 0 aromatic rings. The lowest BCUT2D eigenvalue weighted by atomic mass is 10.1. The molecule has 0 nitrogen and oxygen atoms in total. The zero-order valence-corrected chi connectivity index (χ0v) is 6.24.